The van der Waals surface area contributed by atoms with Gasteiger partial charge in [0.25, 0.3) is 0 Å². The molecule has 0 saturated heterocycles. The molecule has 1 aromatic heterocycles. The first-order chi connectivity index (χ1) is 10.2. The van der Waals surface area contributed by atoms with Gasteiger partial charge in [-0.3, -0.25) is 0 Å². The molecule has 7 heteroatoms. The quantitative estimate of drug-likeness (QED) is 0.772. The molecular weight excluding hydrogens is 360 g/mol. The SMILES string of the molecule is COCc1nc(C2COc3ccccc3O2)nc(Cl)c1Br. The molecule has 0 radical (unpaired) electrons. The van der Waals surface area contributed by atoms with Crippen molar-refractivity contribution in [2.24, 2.45) is 0 Å². The van der Waals surface area contributed by atoms with Gasteiger partial charge in [-0.25, -0.2) is 9.97 Å². The summed E-state index contributed by atoms with van der Waals surface area (Å²) >= 11 is 9.48. The first-order valence-corrected chi connectivity index (χ1v) is 7.45. The summed E-state index contributed by atoms with van der Waals surface area (Å²) in [6.07, 6.45) is -0.402. The van der Waals surface area contributed by atoms with Gasteiger partial charge in [-0.15, -0.1) is 0 Å². The fourth-order valence-electron chi connectivity index (χ4n) is 2.00. The van der Waals surface area contributed by atoms with Crippen LogP contribution in [0.3, 0.4) is 0 Å². The van der Waals surface area contributed by atoms with Gasteiger partial charge in [-0.05, 0) is 28.1 Å². The van der Waals surface area contributed by atoms with E-state index < -0.39 is 6.10 Å². The maximum Gasteiger partial charge on any atom is 0.192 e. The highest BCUT2D eigenvalue weighted by Gasteiger charge is 2.26. The molecule has 1 aliphatic rings. The molecule has 110 valence electrons. The zero-order chi connectivity index (χ0) is 14.8. The highest BCUT2D eigenvalue weighted by molar-refractivity contribution is 9.10. The summed E-state index contributed by atoms with van der Waals surface area (Å²) in [4.78, 5) is 8.71. The number of ether oxygens (including phenoxy) is 3. The van der Waals surface area contributed by atoms with Crippen molar-refractivity contribution in [3.05, 3.63) is 45.4 Å². The second-order valence-corrected chi connectivity index (χ2v) is 5.58. The van der Waals surface area contributed by atoms with Gasteiger partial charge < -0.3 is 14.2 Å². The lowest BCUT2D eigenvalue weighted by molar-refractivity contribution is 0.0843. The molecule has 0 fully saturated rings. The van der Waals surface area contributed by atoms with Gasteiger partial charge in [0.15, 0.2) is 23.4 Å². The van der Waals surface area contributed by atoms with Crippen LogP contribution in [0.2, 0.25) is 5.15 Å². The van der Waals surface area contributed by atoms with Crippen molar-refractivity contribution in [3.8, 4) is 11.5 Å². The number of benzene rings is 1. The second-order valence-electron chi connectivity index (χ2n) is 4.43. The van der Waals surface area contributed by atoms with E-state index >= 15 is 0 Å². The van der Waals surface area contributed by atoms with Crippen LogP contribution in [0, 0.1) is 0 Å². The zero-order valence-electron chi connectivity index (χ0n) is 11.2. The molecule has 1 aromatic carbocycles. The molecule has 1 atom stereocenters. The van der Waals surface area contributed by atoms with Gasteiger partial charge in [-0.2, -0.15) is 0 Å². The normalized spacial score (nSPS) is 16.8. The topological polar surface area (TPSA) is 53.5 Å². The van der Waals surface area contributed by atoms with Crippen LogP contribution < -0.4 is 9.47 Å². The second kappa shape index (κ2) is 6.17. The largest absolute Gasteiger partial charge is 0.485 e. The Balaban J connectivity index is 1.91. The predicted octanol–water partition coefficient (Wildman–Crippen LogP) is 3.55. The van der Waals surface area contributed by atoms with E-state index in [1.54, 1.807) is 7.11 Å². The van der Waals surface area contributed by atoms with E-state index in [4.69, 9.17) is 25.8 Å². The third kappa shape index (κ3) is 2.97. The predicted molar refractivity (Wildman–Crippen MR) is 80.8 cm³/mol. The summed E-state index contributed by atoms with van der Waals surface area (Å²) in [5.74, 6) is 1.86. The number of fused-ring (bicyclic) bond motifs is 1. The van der Waals surface area contributed by atoms with Crippen LogP contribution in [0.4, 0.5) is 0 Å². The van der Waals surface area contributed by atoms with Crippen molar-refractivity contribution in [2.45, 2.75) is 12.7 Å². The minimum atomic E-state index is -0.402. The van der Waals surface area contributed by atoms with E-state index in [0.717, 1.165) is 0 Å². The van der Waals surface area contributed by atoms with Crippen LogP contribution in [0.25, 0.3) is 0 Å². The zero-order valence-corrected chi connectivity index (χ0v) is 13.5. The molecule has 0 saturated carbocycles. The standard InChI is InChI=1S/C14H12BrClN2O3/c1-19-6-8-12(15)13(16)18-14(17-8)11-7-20-9-4-2-3-5-10(9)21-11/h2-5,11H,6-7H2,1H3. The molecule has 0 spiro atoms. The average molecular weight is 372 g/mol. The Morgan fingerprint density at radius 3 is 2.86 bits per heavy atom. The molecule has 21 heavy (non-hydrogen) atoms. The monoisotopic (exact) mass is 370 g/mol. The van der Waals surface area contributed by atoms with E-state index in [1.807, 2.05) is 24.3 Å². The summed E-state index contributed by atoms with van der Waals surface area (Å²) in [6.45, 7) is 0.668. The number of hydrogen-bond donors (Lipinski definition) is 0. The lowest BCUT2D eigenvalue weighted by Gasteiger charge is -2.25. The third-order valence-corrected chi connectivity index (χ3v) is 4.31. The van der Waals surface area contributed by atoms with E-state index in [2.05, 4.69) is 25.9 Å². The van der Waals surface area contributed by atoms with E-state index in [1.165, 1.54) is 0 Å². The highest BCUT2D eigenvalue weighted by Crippen LogP contribution is 2.36. The van der Waals surface area contributed by atoms with Crippen molar-refractivity contribution in [3.63, 3.8) is 0 Å². The van der Waals surface area contributed by atoms with Crippen LogP contribution in [0.15, 0.2) is 28.7 Å². The Morgan fingerprint density at radius 1 is 1.33 bits per heavy atom. The summed E-state index contributed by atoms with van der Waals surface area (Å²) < 4.78 is 17.3. The smallest absolute Gasteiger partial charge is 0.192 e. The minimum absolute atomic E-state index is 0.328. The van der Waals surface area contributed by atoms with E-state index in [-0.39, 0.29) is 0 Å². The molecule has 2 heterocycles. The molecular formula is C14H12BrClN2O3. The van der Waals surface area contributed by atoms with E-state index in [9.17, 15) is 0 Å². The fraction of sp³-hybridized carbons (Fsp3) is 0.286. The van der Waals surface area contributed by atoms with Gasteiger partial charge in [0.1, 0.15) is 11.8 Å². The summed E-state index contributed by atoms with van der Waals surface area (Å²) in [5.41, 5.74) is 0.676. The first kappa shape index (κ1) is 14.6. The van der Waals surface area contributed by atoms with Gasteiger partial charge in [0.05, 0.1) is 16.8 Å². The van der Waals surface area contributed by atoms with Crippen molar-refractivity contribution in [1.82, 2.24) is 9.97 Å². The third-order valence-electron chi connectivity index (χ3n) is 2.97. The average Bonchev–Trinajstić information content (AvgIpc) is 2.51. The van der Waals surface area contributed by atoms with Crippen LogP contribution >= 0.6 is 27.5 Å². The molecule has 2 aromatic rings. The fourth-order valence-corrected chi connectivity index (χ4v) is 2.49. The molecule has 0 bridgehead atoms. The molecule has 0 N–H and O–H groups in total. The highest BCUT2D eigenvalue weighted by atomic mass is 79.9. The van der Waals surface area contributed by atoms with Gasteiger partial charge in [0.2, 0.25) is 0 Å². The van der Waals surface area contributed by atoms with Gasteiger partial charge >= 0.3 is 0 Å². The van der Waals surface area contributed by atoms with E-state index in [0.29, 0.717) is 45.9 Å². The first-order valence-electron chi connectivity index (χ1n) is 6.28. The van der Waals surface area contributed by atoms with Crippen molar-refractivity contribution in [1.29, 1.82) is 0 Å². The molecule has 1 unspecified atom stereocenters. The van der Waals surface area contributed by atoms with Crippen LogP contribution in [-0.4, -0.2) is 23.7 Å². The number of hydrogen-bond acceptors (Lipinski definition) is 5. The Hall–Kier alpha value is -1.37. The Morgan fingerprint density at radius 2 is 2.10 bits per heavy atom. The van der Waals surface area contributed by atoms with Crippen LogP contribution in [-0.2, 0) is 11.3 Å². The minimum Gasteiger partial charge on any atom is -0.485 e. The Kier molecular flexibility index (Phi) is 4.28. The maximum atomic E-state index is 6.12. The van der Waals surface area contributed by atoms with Crippen molar-refractivity contribution in [2.75, 3.05) is 13.7 Å². The Bertz CT molecular complexity index is 669. The van der Waals surface area contributed by atoms with Gasteiger partial charge in [-0.1, -0.05) is 23.7 Å². The Labute approximate surface area is 135 Å². The lowest BCUT2D eigenvalue weighted by Crippen LogP contribution is -2.24. The number of halogens is 2. The van der Waals surface area contributed by atoms with Crippen LogP contribution in [0.5, 0.6) is 11.5 Å². The lowest BCUT2D eigenvalue weighted by atomic mass is 10.2. The number of para-hydroxylation sites is 2. The summed E-state index contributed by atoms with van der Waals surface area (Å²) in [6, 6.07) is 7.48. The van der Waals surface area contributed by atoms with Gasteiger partial charge in [0, 0.05) is 7.11 Å². The number of aromatic nitrogens is 2. The van der Waals surface area contributed by atoms with Crippen molar-refractivity contribution < 1.29 is 14.2 Å². The molecule has 3 rings (SSSR count). The number of nitrogens with zero attached hydrogens (tertiary/aromatic N) is 2. The molecule has 0 aliphatic carbocycles. The van der Waals surface area contributed by atoms with Crippen molar-refractivity contribution >= 4 is 27.5 Å². The summed E-state index contributed by atoms with van der Waals surface area (Å²) in [5, 5.41) is 0.328. The summed E-state index contributed by atoms with van der Waals surface area (Å²) in [7, 11) is 1.60. The number of methoxy groups -OCH3 is 1. The molecule has 5 nitrogen and oxygen atoms in total. The maximum absolute atomic E-state index is 6.12. The van der Waals surface area contributed by atoms with Crippen LogP contribution in [0.1, 0.15) is 17.6 Å². The molecule has 0 amide bonds. The number of rotatable bonds is 3. The molecule has 1 aliphatic heterocycles.